The maximum absolute atomic E-state index is 14.0. The van der Waals surface area contributed by atoms with Crippen LogP contribution < -0.4 is 0 Å². The first kappa shape index (κ1) is 19.4. The van der Waals surface area contributed by atoms with Gasteiger partial charge in [-0.1, -0.05) is 37.8 Å². The molecule has 0 radical (unpaired) electrons. The molecule has 4 heteroatoms. The lowest BCUT2D eigenvalue weighted by molar-refractivity contribution is 0.574. The number of hydrogen-bond acceptors (Lipinski definition) is 2. The normalized spacial score (nSPS) is 10.7. The van der Waals surface area contributed by atoms with E-state index < -0.39 is 11.6 Å². The van der Waals surface area contributed by atoms with E-state index in [-0.39, 0.29) is 5.56 Å². The Bertz CT molecular complexity index is 1020. The molecule has 0 N–H and O–H groups in total. The molecule has 3 aromatic rings. The number of halogens is 2. The maximum atomic E-state index is 14.0. The Kier molecular flexibility index (Phi) is 6.29. The Morgan fingerprint density at radius 1 is 0.679 bits per heavy atom. The van der Waals surface area contributed by atoms with Gasteiger partial charge >= 0.3 is 0 Å². The molecule has 0 heterocycles. The summed E-state index contributed by atoms with van der Waals surface area (Å²) >= 11 is 0. The van der Waals surface area contributed by atoms with Crippen LogP contribution in [0.4, 0.5) is 20.2 Å². The summed E-state index contributed by atoms with van der Waals surface area (Å²) in [6.45, 7) is 3.95. The van der Waals surface area contributed by atoms with Gasteiger partial charge in [0.1, 0.15) is 11.6 Å². The highest BCUT2D eigenvalue weighted by Crippen LogP contribution is 2.20. The Balaban J connectivity index is 1.73. The van der Waals surface area contributed by atoms with Crippen LogP contribution in [0.15, 0.2) is 70.9 Å². The van der Waals surface area contributed by atoms with Crippen molar-refractivity contribution in [2.75, 3.05) is 0 Å². The minimum atomic E-state index is -0.635. The largest absolute Gasteiger partial charge is 0.206 e. The Labute approximate surface area is 164 Å². The second kappa shape index (κ2) is 9.05. The van der Waals surface area contributed by atoms with Crippen molar-refractivity contribution in [2.24, 2.45) is 10.2 Å². The molecule has 2 nitrogen and oxygen atoms in total. The fourth-order valence-electron chi connectivity index (χ4n) is 2.61. The van der Waals surface area contributed by atoms with E-state index in [9.17, 15) is 8.78 Å². The third-order valence-corrected chi connectivity index (χ3v) is 4.33. The van der Waals surface area contributed by atoms with Gasteiger partial charge in [0.15, 0.2) is 0 Å². The topological polar surface area (TPSA) is 24.7 Å². The summed E-state index contributed by atoms with van der Waals surface area (Å²) in [6, 6.07) is 17.6. The minimum Gasteiger partial charge on any atom is -0.206 e. The molecular formula is C24H20F2N2. The van der Waals surface area contributed by atoms with E-state index in [4.69, 9.17) is 0 Å². The predicted octanol–water partition coefficient (Wildman–Crippen LogP) is 6.90. The van der Waals surface area contributed by atoms with Crippen LogP contribution in [0.5, 0.6) is 0 Å². The second-order valence-corrected chi connectivity index (χ2v) is 6.30. The van der Waals surface area contributed by atoms with E-state index in [0.717, 1.165) is 12.1 Å². The van der Waals surface area contributed by atoms with Crippen LogP contribution >= 0.6 is 0 Å². The molecule has 28 heavy (non-hydrogen) atoms. The number of nitrogens with zero attached hydrogens (tertiary/aromatic N) is 2. The van der Waals surface area contributed by atoms with Crippen LogP contribution in [0, 0.1) is 23.5 Å². The first-order chi connectivity index (χ1) is 13.6. The summed E-state index contributed by atoms with van der Waals surface area (Å²) in [4.78, 5) is 0. The van der Waals surface area contributed by atoms with Gasteiger partial charge in [-0.05, 0) is 72.5 Å². The zero-order chi connectivity index (χ0) is 19.9. The molecule has 0 aliphatic carbocycles. The van der Waals surface area contributed by atoms with Crippen LogP contribution in [0.2, 0.25) is 0 Å². The number of benzene rings is 3. The van der Waals surface area contributed by atoms with Gasteiger partial charge in [-0.25, -0.2) is 8.78 Å². The van der Waals surface area contributed by atoms with Gasteiger partial charge in [0.2, 0.25) is 0 Å². The standard InChI is InChI=1S/C24H20F2N2/c1-3-17-5-10-20(11-6-17)27-28-21-12-7-19(8-13-21)9-14-22-23(25)15-18(4-2)16-24(22)26/h5-8,10-13,15-16H,3-4H2,1-2H3. The molecule has 0 amide bonds. The SMILES string of the molecule is CCc1ccc(N=Nc2ccc(C#Cc3c(F)cc(CC)cc3F)cc2)cc1. The van der Waals surface area contributed by atoms with Crippen molar-refractivity contribution in [2.45, 2.75) is 26.7 Å². The van der Waals surface area contributed by atoms with E-state index >= 15 is 0 Å². The third-order valence-electron chi connectivity index (χ3n) is 4.33. The first-order valence-electron chi connectivity index (χ1n) is 9.19. The van der Waals surface area contributed by atoms with Crippen LogP contribution in [0.1, 0.15) is 36.1 Å². The highest BCUT2D eigenvalue weighted by molar-refractivity contribution is 5.49. The summed E-state index contributed by atoms with van der Waals surface area (Å²) in [5.74, 6) is 4.10. The van der Waals surface area contributed by atoms with Gasteiger partial charge in [-0.2, -0.15) is 10.2 Å². The summed E-state index contributed by atoms with van der Waals surface area (Å²) < 4.78 is 28.0. The molecule has 0 aliphatic rings. The van der Waals surface area contributed by atoms with Gasteiger partial charge in [0, 0.05) is 5.56 Å². The minimum absolute atomic E-state index is 0.212. The lowest BCUT2D eigenvalue weighted by Gasteiger charge is -2.01. The van der Waals surface area contributed by atoms with Gasteiger partial charge in [0.05, 0.1) is 16.9 Å². The highest BCUT2D eigenvalue weighted by Gasteiger charge is 2.08. The summed E-state index contributed by atoms with van der Waals surface area (Å²) in [5.41, 5.74) is 3.75. The molecule has 0 spiro atoms. The van der Waals surface area contributed by atoms with Crippen LogP contribution in [0.25, 0.3) is 0 Å². The van der Waals surface area contributed by atoms with E-state index in [1.807, 2.05) is 31.2 Å². The van der Waals surface area contributed by atoms with E-state index in [1.165, 1.54) is 17.7 Å². The van der Waals surface area contributed by atoms with Crippen LogP contribution in [-0.4, -0.2) is 0 Å². The number of hydrogen-bond donors (Lipinski definition) is 0. The quantitative estimate of drug-likeness (QED) is 0.350. The van der Waals surface area contributed by atoms with Gasteiger partial charge in [-0.15, -0.1) is 0 Å². The number of aryl methyl sites for hydroxylation is 2. The summed E-state index contributed by atoms with van der Waals surface area (Å²) in [7, 11) is 0. The average Bonchev–Trinajstić information content (AvgIpc) is 2.72. The molecule has 0 fully saturated rings. The maximum Gasteiger partial charge on any atom is 0.142 e. The number of rotatable bonds is 4. The smallest absolute Gasteiger partial charge is 0.142 e. The van der Waals surface area contributed by atoms with Crippen molar-refractivity contribution >= 4 is 11.4 Å². The van der Waals surface area contributed by atoms with E-state index in [0.29, 0.717) is 23.2 Å². The number of azo groups is 1. The van der Waals surface area contributed by atoms with Gasteiger partial charge in [0.25, 0.3) is 0 Å². The zero-order valence-corrected chi connectivity index (χ0v) is 15.8. The molecule has 3 rings (SSSR count). The summed E-state index contributed by atoms with van der Waals surface area (Å²) in [5, 5.41) is 8.40. The van der Waals surface area contributed by atoms with E-state index in [1.54, 1.807) is 24.3 Å². The average molecular weight is 374 g/mol. The summed E-state index contributed by atoms with van der Waals surface area (Å²) in [6.07, 6.45) is 1.55. The van der Waals surface area contributed by atoms with Crippen molar-refractivity contribution in [1.29, 1.82) is 0 Å². The van der Waals surface area contributed by atoms with Gasteiger partial charge in [-0.3, -0.25) is 0 Å². The predicted molar refractivity (Wildman–Crippen MR) is 108 cm³/mol. The Morgan fingerprint density at radius 2 is 1.18 bits per heavy atom. The molecule has 0 aromatic heterocycles. The highest BCUT2D eigenvalue weighted by atomic mass is 19.1. The van der Waals surface area contributed by atoms with Crippen molar-refractivity contribution in [3.8, 4) is 11.8 Å². The molecule has 0 saturated heterocycles. The monoisotopic (exact) mass is 374 g/mol. The molecule has 140 valence electrons. The zero-order valence-electron chi connectivity index (χ0n) is 15.8. The van der Waals surface area contributed by atoms with Crippen LogP contribution in [-0.2, 0) is 12.8 Å². The van der Waals surface area contributed by atoms with Crippen molar-refractivity contribution in [3.63, 3.8) is 0 Å². The Hall–Kier alpha value is -3.32. The molecular weight excluding hydrogens is 354 g/mol. The first-order valence-corrected chi connectivity index (χ1v) is 9.19. The van der Waals surface area contributed by atoms with Crippen molar-refractivity contribution < 1.29 is 8.78 Å². The Morgan fingerprint density at radius 3 is 1.68 bits per heavy atom. The van der Waals surface area contributed by atoms with Crippen molar-refractivity contribution in [3.05, 3.63) is 94.6 Å². The molecule has 0 unspecified atom stereocenters. The molecule has 3 aromatic carbocycles. The van der Waals surface area contributed by atoms with Crippen LogP contribution in [0.3, 0.4) is 0 Å². The van der Waals surface area contributed by atoms with Crippen molar-refractivity contribution in [1.82, 2.24) is 0 Å². The fraction of sp³-hybridized carbons (Fsp3) is 0.167. The third kappa shape index (κ3) is 4.89. The second-order valence-electron chi connectivity index (χ2n) is 6.30. The molecule has 0 bridgehead atoms. The molecule has 0 atom stereocenters. The van der Waals surface area contributed by atoms with E-state index in [2.05, 4.69) is 29.0 Å². The van der Waals surface area contributed by atoms with Gasteiger partial charge < -0.3 is 0 Å². The fourth-order valence-corrected chi connectivity index (χ4v) is 2.61. The lowest BCUT2D eigenvalue weighted by atomic mass is 10.1. The molecule has 0 aliphatic heterocycles. The lowest BCUT2D eigenvalue weighted by Crippen LogP contribution is -1.93. The molecule has 0 saturated carbocycles.